The van der Waals surface area contributed by atoms with E-state index in [1.807, 2.05) is 12.1 Å². The van der Waals surface area contributed by atoms with Crippen molar-refractivity contribution >= 4 is 0 Å². The molecule has 110 valence electrons. The van der Waals surface area contributed by atoms with Gasteiger partial charge in [0.2, 0.25) is 0 Å². The Labute approximate surface area is 125 Å². The van der Waals surface area contributed by atoms with Crippen LogP contribution in [0.1, 0.15) is 34.7 Å². The summed E-state index contributed by atoms with van der Waals surface area (Å²) in [5.41, 5.74) is 4.83. The predicted molar refractivity (Wildman–Crippen MR) is 83.2 cm³/mol. The molecule has 1 aliphatic rings. The Morgan fingerprint density at radius 2 is 1.95 bits per heavy atom. The number of nitrogens with one attached hydrogen (secondary N) is 1. The van der Waals surface area contributed by atoms with Crippen molar-refractivity contribution in [3.05, 3.63) is 64.7 Å². The molecule has 1 unspecified atom stereocenters. The Hall–Kier alpha value is -1.84. The van der Waals surface area contributed by atoms with Crippen molar-refractivity contribution in [1.82, 2.24) is 5.32 Å². The normalized spacial score (nSPS) is 16.9. The van der Waals surface area contributed by atoms with Crippen LogP contribution >= 0.6 is 0 Å². The van der Waals surface area contributed by atoms with E-state index in [1.54, 1.807) is 13.2 Å². The van der Waals surface area contributed by atoms with Gasteiger partial charge in [-0.3, -0.25) is 0 Å². The standard InChI is InChI=1S/C18H21NO2/c1-21-12-14-6-3-2-5-13(14)11-19-17-10-9-16-15(17)7-4-8-18(16)20/h2-8,17,19-20H,9-12H2,1H3. The summed E-state index contributed by atoms with van der Waals surface area (Å²) in [4.78, 5) is 0. The van der Waals surface area contributed by atoms with Crippen LogP contribution in [0.2, 0.25) is 0 Å². The molecule has 2 aromatic rings. The van der Waals surface area contributed by atoms with E-state index < -0.39 is 0 Å². The van der Waals surface area contributed by atoms with Crippen LogP contribution in [-0.2, 0) is 24.3 Å². The minimum Gasteiger partial charge on any atom is -0.508 e. The number of aromatic hydroxyl groups is 1. The summed E-state index contributed by atoms with van der Waals surface area (Å²) in [6.07, 6.45) is 1.98. The number of ether oxygens (including phenoxy) is 1. The Bertz CT molecular complexity index is 624. The summed E-state index contributed by atoms with van der Waals surface area (Å²) >= 11 is 0. The maximum Gasteiger partial charge on any atom is 0.119 e. The van der Waals surface area contributed by atoms with Gasteiger partial charge in [0.25, 0.3) is 0 Å². The molecule has 0 saturated carbocycles. The van der Waals surface area contributed by atoms with Crippen molar-refractivity contribution in [2.24, 2.45) is 0 Å². The van der Waals surface area contributed by atoms with Gasteiger partial charge in [0.15, 0.2) is 0 Å². The van der Waals surface area contributed by atoms with Crippen molar-refractivity contribution in [3.63, 3.8) is 0 Å². The van der Waals surface area contributed by atoms with E-state index in [-0.39, 0.29) is 0 Å². The third-order valence-electron chi connectivity index (χ3n) is 4.20. The predicted octanol–water partition coefficient (Wildman–Crippen LogP) is 3.32. The number of hydrogen-bond acceptors (Lipinski definition) is 3. The summed E-state index contributed by atoms with van der Waals surface area (Å²) < 4.78 is 5.25. The van der Waals surface area contributed by atoms with Gasteiger partial charge in [-0.15, -0.1) is 0 Å². The zero-order valence-electron chi connectivity index (χ0n) is 12.3. The SMILES string of the molecule is COCc1ccccc1CNC1CCc2c(O)cccc21. The zero-order valence-corrected chi connectivity index (χ0v) is 12.3. The molecule has 1 aliphatic carbocycles. The monoisotopic (exact) mass is 283 g/mol. The largest absolute Gasteiger partial charge is 0.508 e. The molecule has 3 rings (SSSR count). The van der Waals surface area contributed by atoms with Crippen molar-refractivity contribution in [2.45, 2.75) is 32.0 Å². The van der Waals surface area contributed by atoms with Gasteiger partial charge in [-0.1, -0.05) is 36.4 Å². The molecular weight excluding hydrogens is 262 g/mol. The summed E-state index contributed by atoms with van der Waals surface area (Å²) in [7, 11) is 1.72. The average molecular weight is 283 g/mol. The van der Waals surface area contributed by atoms with Crippen LogP contribution in [0, 0.1) is 0 Å². The van der Waals surface area contributed by atoms with Gasteiger partial charge in [-0.2, -0.15) is 0 Å². The van der Waals surface area contributed by atoms with E-state index in [2.05, 4.69) is 29.6 Å². The fourth-order valence-corrected chi connectivity index (χ4v) is 3.11. The van der Waals surface area contributed by atoms with Crippen molar-refractivity contribution in [1.29, 1.82) is 0 Å². The number of methoxy groups -OCH3 is 1. The minimum atomic E-state index is 0.322. The van der Waals surface area contributed by atoms with Gasteiger partial charge in [-0.05, 0) is 41.2 Å². The molecule has 2 N–H and O–H groups in total. The number of benzene rings is 2. The second-order valence-corrected chi connectivity index (χ2v) is 5.52. The van der Waals surface area contributed by atoms with E-state index >= 15 is 0 Å². The first-order chi connectivity index (χ1) is 10.3. The second-order valence-electron chi connectivity index (χ2n) is 5.52. The van der Waals surface area contributed by atoms with Gasteiger partial charge in [0, 0.05) is 19.7 Å². The number of hydrogen-bond donors (Lipinski definition) is 2. The summed E-state index contributed by atoms with van der Waals surface area (Å²) in [6.45, 7) is 1.46. The molecule has 0 amide bonds. The van der Waals surface area contributed by atoms with E-state index in [0.29, 0.717) is 18.4 Å². The van der Waals surface area contributed by atoms with E-state index in [0.717, 1.165) is 24.9 Å². The molecule has 1 atom stereocenters. The van der Waals surface area contributed by atoms with Gasteiger partial charge in [-0.25, -0.2) is 0 Å². The number of phenolic OH excluding ortho intramolecular Hbond substituents is 1. The fraction of sp³-hybridized carbons (Fsp3) is 0.333. The van der Waals surface area contributed by atoms with Gasteiger partial charge in [0.1, 0.15) is 5.75 Å². The first-order valence-electron chi connectivity index (χ1n) is 7.39. The van der Waals surface area contributed by atoms with Crippen molar-refractivity contribution in [3.8, 4) is 5.75 Å². The molecule has 0 saturated heterocycles. The van der Waals surface area contributed by atoms with Crippen LogP contribution in [-0.4, -0.2) is 12.2 Å². The van der Waals surface area contributed by atoms with Crippen LogP contribution in [0.15, 0.2) is 42.5 Å². The lowest BCUT2D eigenvalue weighted by Crippen LogP contribution is -2.19. The highest BCUT2D eigenvalue weighted by Gasteiger charge is 2.24. The number of fused-ring (bicyclic) bond motifs is 1. The highest BCUT2D eigenvalue weighted by molar-refractivity contribution is 5.44. The molecule has 0 bridgehead atoms. The Morgan fingerprint density at radius 3 is 2.76 bits per heavy atom. The minimum absolute atomic E-state index is 0.322. The van der Waals surface area contributed by atoms with Crippen LogP contribution in [0.5, 0.6) is 5.75 Å². The fourth-order valence-electron chi connectivity index (χ4n) is 3.11. The lowest BCUT2D eigenvalue weighted by atomic mass is 10.1. The molecule has 0 fully saturated rings. The van der Waals surface area contributed by atoms with Crippen LogP contribution in [0.25, 0.3) is 0 Å². The van der Waals surface area contributed by atoms with Crippen LogP contribution < -0.4 is 5.32 Å². The zero-order chi connectivity index (χ0) is 14.7. The van der Waals surface area contributed by atoms with Crippen LogP contribution in [0.3, 0.4) is 0 Å². The molecule has 0 aliphatic heterocycles. The highest BCUT2D eigenvalue weighted by atomic mass is 16.5. The number of rotatable bonds is 5. The van der Waals surface area contributed by atoms with E-state index in [4.69, 9.17) is 4.74 Å². The maximum absolute atomic E-state index is 9.90. The smallest absolute Gasteiger partial charge is 0.119 e. The lowest BCUT2D eigenvalue weighted by Gasteiger charge is -2.16. The van der Waals surface area contributed by atoms with Gasteiger partial charge in [0.05, 0.1) is 6.61 Å². The molecule has 0 aromatic heterocycles. The lowest BCUT2D eigenvalue weighted by molar-refractivity contribution is 0.184. The quantitative estimate of drug-likeness (QED) is 0.884. The Balaban J connectivity index is 1.72. The number of phenols is 1. The maximum atomic E-state index is 9.90. The van der Waals surface area contributed by atoms with Gasteiger partial charge < -0.3 is 15.2 Å². The third kappa shape index (κ3) is 2.94. The van der Waals surface area contributed by atoms with E-state index in [1.165, 1.54) is 16.7 Å². The Morgan fingerprint density at radius 1 is 1.14 bits per heavy atom. The molecular formula is C18H21NO2. The van der Waals surface area contributed by atoms with Crippen molar-refractivity contribution in [2.75, 3.05) is 7.11 Å². The first-order valence-corrected chi connectivity index (χ1v) is 7.39. The molecule has 3 nitrogen and oxygen atoms in total. The Kier molecular flexibility index (Phi) is 4.23. The second kappa shape index (κ2) is 6.29. The third-order valence-corrected chi connectivity index (χ3v) is 4.20. The average Bonchev–Trinajstić information content (AvgIpc) is 2.91. The molecule has 3 heteroatoms. The van der Waals surface area contributed by atoms with Gasteiger partial charge >= 0.3 is 0 Å². The topological polar surface area (TPSA) is 41.5 Å². The summed E-state index contributed by atoms with van der Waals surface area (Å²) in [6, 6.07) is 14.5. The van der Waals surface area contributed by atoms with Crippen LogP contribution in [0.4, 0.5) is 0 Å². The molecule has 0 radical (unpaired) electrons. The van der Waals surface area contributed by atoms with E-state index in [9.17, 15) is 5.11 Å². The molecule has 2 aromatic carbocycles. The summed E-state index contributed by atoms with van der Waals surface area (Å²) in [5, 5.41) is 13.5. The molecule has 0 spiro atoms. The molecule has 0 heterocycles. The summed E-state index contributed by atoms with van der Waals surface area (Å²) in [5.74, 6) is 0.427. The first kappa shape index (κ1) is 14.1. The highest BCUT2D eigenvalue weighted by Crippen LogP contribution is 2.36. The molecule has 21 heavy (non-hydrogen) atoms. The van der Waals surface area contributed by atoms with Crippen molar-refractivity contribution < 1.29 is 9.84 Å².